The first-order valence-electron chi connectivity index (χ1n) is 5.04. The number of methoxy groups -OCH3 is 1. The molecule has 0 rings (SSSR count). The quantitative estimate of drug-likeness (QED) is 0.425. The summed E-state index contributed by atoms with van der Waals surface area (Å²) in [4.78, 5) is 2.35. The van der Waals surface area contributed by atoms with E-state index in [1.165, 1.54) is 19.4 Å². The highest BCUT2D eigenvalue weighted by molar-refractivity contribution is 6.17. The van der Waals surface area contributed by atoms with Gasteiger partial charge in [0, 0.05) is 26.1 Å². The van der Waals surface area contributed by atoms with E-state index in [0.29, 0.717) is 0 Å². The van der Waals surface area contributed by atoms with Gasteiger partial charge in [-0.1, -0.05) is 6.42 Å². The van der Waals surface area contributed by atoms with E-state index in [1.54, 1.807) is 7.11 Å². The first-order chi connectivity index (χ1) is 6.31. The fourth-order valence-corrected chi connectivity index (χ4v) is 1.43. The summed E-state index contributed by atoms with van der Waals surface area (Å²) in [7, 11) is 3.91. The standard InChI is InChI=1S/C10H22ClNO/c1-12(9-6-10-13-2)8-5-3-4-7-11/h3-10H2,1-2H3. The van der Waals surface area contributed by atoms with Crippen molar-refractivity contribution in [2.75, 3.05) is 39.7 Å². The highest BCUT2D eigenvalue weighted by atomic mass is 35.5. The van der Waals surface area contributed by atoms with Gasteiger partial charge in [-0.05, 0) is 32.9 Å². The van der Waals surface area contributed by atoms with E-state index in [4.69, 9.17) is 16.3 Å². The number of alkyl halides is 1. The van der Waals surface area contributed by atoms with Crippen molar-refractivity contribution in [3.8, 4) is 0 Å². The summed E-state index contributed by atoms with van der Waals surface area (Å²) < 4.78 is 4.99. The van der Waals surface area contributed by atoms with E-state index in [-0.39, 0.29) is 0 Å². The molecule has 0 aliphatic rings. The van der Waals surface area contributed by atoms with Crippen molar-refractivity contribution in [3.05, 3.63) is 0 Å². The first-order valence-corrected chi connectivity index (χ1v) is 5.58. The average molecular weight is 208 g/mol. The Hall–Kier alpha value is 0.210. The number of ether oxygens (including phenoxy) is 1. The van der Waals surface area contributed by atoms with Gasteiger partial charge in [0.05, 0.1) is 0 Å². The Kier molecular flexibility index (Phi) is 10.5. The van der Waals surface area contributed by atoms with Gasteiger partial charge < -0.3 is 9.64 Å². The molecule has 0 fully saturated rings. The smallest absolute Gasteiger partial charge is 0.0474 e. The Balaban J connectivity index is 3.05. The Morgan fingerprint density at radius 2 is 1.77 bits per heavy atom. The predicted molar refractivity (Wildman–Crippen MR) is 58.6 cm³/mol. The maximum absolute atomic E-state index is 5.59. The van der Waals surface area contributed by atoms with Gasteiger partial charge in [0.1, 0.15) is 0 Å². The van der Waals surface area contributed by atoms with Gasteiger partial charge in [-0.2, -0.15) is 0 Å². The minimum Gasteiger partial charge on any atom is -0.385 e. The molecule has 0 aliphatic heterocycles. The van der Waals surface area contributed by atoms with Crippen molar-refractivity contribution in [2.45, 2.75) is 25.7 Å². The lowest BCUT2D eigenvalue weighted by molar-refractivity contribution is 0.179. The summed E-state index contributed by atoms with van der Waals surface area (Å²) in [6, 6.07) is 0. The third-order valence-corrected chi connectivity index (χ3v) is 2.33. The molecule has 3 heteroatoms. The lowest BCUT2D eigenvalue weighted by atomic mass is 10.2. The zero-order valence-corrected chi connectivity index (χ0v) is 9.65. The van der Waals surface area contributed by atoms with Gasteiger partial charge in [-0.15, -0.1) is 11.6 Å². The molecule has 0 aromatic carbocycles. The second-order valence-corrected chi connectivity index (χ2v) is 3.78. The van der Waals surface area contributed by atoms with Crippen molar-refractivity contribution in [3.63, 3.8) is 0 Å². The fourth-order valence-electron chi connectivity index (χ4n) is 1.24. The summed E-state index contributed by atoms with van der Waals surface area (Å²) in [6.07, 6.45) is 4.78. The van der Waals surface area contributed by atoms with Crippen LogP contribution >= 0.6 is 11.6 Å². The molecule has 0 radical (unpaired) electrons. The molecule has 13 heavy (non-hydrogen) atoms. The molecular formula is C10H22ClNO. The SMILES string of the molecule is COCCCN(C)CCCCCCl. The zero-order chi connectivity index (χ0) is 9.94. The summed E-state index contributed by atoms with van der Waals surface area (Å²) >= 11 is 5.59. The van der Waals surface area contributed by atoms with Gasteiger partial charge in [0.25, 0.3) is 0 Å². The fraction of sp³-hybridized carbons (Fsp3) is 1.00. The van der Waals surface area contributed by atoms with Gasteiger partial charge in [0.2, 0.25) is 0 Å². The molecular weight excluding hydrogens is 186 g/mol. The molecule has 0 amide bonds. The predicted octanol–water partition coefficient (Wildman–Crippen LogP) is 2.36. The molecule has 0 aromatic heterocycles. The third-order valence-electron chi connectivity index (χ3n) is 2.06. The van der Waals surface area contributed by atoms with Gasteiger partial charge in [0.15, 0.2) is 0 Å². The van der Waals surface area contributed by atoms with Crippen molar-refractivity contribution in [2.24, 2.45) is 0 Å². The zero-order valence-electron chi connectivity index (χ0n) is 8.89. The number of hydrogen-bond donors (Lipinski definition) is 0. The van der Waals surface area contributed by atoms with Crippen LogP contribution in [0.2, 0.25) is 0 Å². The molecule has 0 spiro atoms. The van der Waals surface area contributed by atoms with Crippen LogP contribution in [0.15, 0.2) is 0 Å². The summed E-state index contributed by atoms with van der Waals surface area (Å²) in [6.45, 7) is 3.18. The van der Waals surface area contributed by atoms with Crippen molar-refractivity contribution in [1.29, 1.82) is 0 Å². The minimum absolute atomic E-state index is 0.799. The maximum atomic E-state index is 5.59. The Morgan fingerprint density at radius 1 is 1.08 bits per heavy atom. The molecule has 0 atom stereocenters. The number of hydrogen-bond acceptors (Lipinski definition) is 2. The van der Waals surface area contributed by atoms with Crippen LogP contribution in [0, 0.1) is 0 Å². The van der Waals surface area contributed by atoms with Gasteiger partial charge in [-0.3, -0.25) is 0 Å². The van der Waals surface area contributed by atoms with Crippen LogP contribution in [-0.2, 0) is 4.74 Å². The number of unbranched alkanes of at least 4 members (excludes halogenated alkanes) is 2. The van der Waals surface area contributed by atoms with Crippen molar-refractivity contribution < 1.29 is 4.74 Å². The molecule has 0 aromatic rings. The van der Waals surface area contributed by atoms with Crippen molar-refractivity contribution in [1.82, 2.24) is 4.90 Å². The van der Waals surface area contributed by atoms with Gasteiger partial charge in [-0.25, -0.2) is 0 Å². The molecule has 0 saturated carbocycles. The van der Waals surface area contributed by atoms with E-state index in [2.05, 4.69) is 11.9 Å². The molecule has 2 nitrogen and oxygen atoms in total. The largest absolute Gasteiger partial charge is 0.385 e. The summed E-state index contributed by atoms with van der Waals surface area (Å²) in [5, 5.41) is 0. The molecule has 0 saturated heterocycles. The minimum atomic E-state index is 0.799. The molecule has 0 heterocycles. The second kappa shape index (κ2) is 10.3. The first kappa shape index (κ1) is 13.2. The van der Waals surface area contributed by atoms with Crippen LogP contribution in [0.3, 0.4) is 0 Å². The summed E-state index contributed by atoms with van der Waals surface area (Å²) in [5.74, 6) is 0.799. The Morgan fingerprint density at radius 3 is 2.38 bits per heavy atom. The van der Waals surface area contributed by atoms with Crippen LogP contribution in [-0.4, -0.2) is 44.6 Å². The van der Waals surface area contributed by atoms with Crippen LogP contribution in [0.25, 0.3) is 0 Å². The molecule has 0 bridgehead atoms. The van der Waals surface area contributed by atoms with E-state index >= 15 is 0 Å². The molecule has 0 aliphatic carbocycles. The monoisotopic (exact) mass is 207 g/mol. The van der Waals surface area contributed by atoms with E-state index in [1.807, 2.05) is 0 Å². The van der Waals surface area contributed by atoms with Crippen LogP contribution in [0.1, 0.15) is 25.7 Å². The van der Waals surface area contributed by atoms with Crippen LogP contribution in [0.4, 0.5) is 0 Å². The van der Waals surface area contributed by atoms with Crippen LogP contribution < -0.4 is 0 Å². The van der Waals surface area contributed by atoms with Crippen molar-refractivity contribution >= 4 is 11.6 Å². The second-order valence-electron chi connectivity index (χ2n) is 3.40. The molecule has 80 valence electrons. The van der Waals surface area contributed by atoms with Gasteiger partial charge >= 0.3 is 0 Å². The molecule has 0 N–H and O–H groups in total. The lowest BCUT2D eigenvalue weighted by Crippen LogP contribution is -2.21. The maximum Gasteiger partial charge on any atom is 0.0474 e. The van der Waals surface area contributed by atoms with E-state index < -0.39 is 0 Å². The molecule has 0 unspecified atom stereocenters. The van der Waals surface area contributed by atoms with E-state index in [9.17, 15) is 0 Å². The summed E-state index contributed by atoms with van der Waals surface area (Å²) in [5.41, 5.74) is 0. The Labute approximate surface area is 87.2 Å². The number of rotatable bonds is 9. The highest BCUT2D eigenvalue weighted by Gasteiger charge is 1.97. The number of nitrogens with zero attached hydrogens (tertiary/aromatic N) is 1. The highest BCUT2D eigenvalue weighted by Crippen LogP contribution is 1.99. The van der Waals surface area contributed by atoms with Crippen LogP contribution in [0.5, 0.6) is 0 Å². The average Bonchev–Trinajstić information content (AvgIpc) is 2.13. The topological polar surface area (TPSA) is 12.5 Å². The normalized spacial score (nSPS) is 11.1. The van der Waals surface area contributed by atoms with E-state index in [0.717, 1.165) is 31.9 Å². The Bertz CT molecular complexity index is 101. The third kappa shape index (κ3) is 10.1. The number of halogens is 1. The lowest BCUT2D eigenvalue weighted by Gasteiger charge is -2.15.